The molecule has 1 rings (SSSR count). The Bertz CT molecular complexity index is 441. The summed E-state index contributed by atoms with van der Waals surface area (Å²) in [5.74, 6) is 0. The average molecular weight is 293 g/mol. The van der Waals surface area contributed by atoms with Gasteiger partial charge in [-0.15, -0.1) is 0 Å². The van der Waals surface area contributed by atoms with Gasteiger partial charge in [0.1, 0.15) is 5.69 Å². The summed E-state index contributed by atoms with van der Waals surface area (Å²) in [7, 11) is 1.74. The minimum absolute atomic E-state index is 0.154. The molecule has 0 aliphatic carbocycles. The smallest absolute Gasteiger partial charge is 0.292 e. The second-order valence-electron chi connectivity index (χ2n) is 5.30. The van der Waals surface area contributed by atoms with Crippen molar-refractivity contribution in [1.82, 2.24) is 4.90 Å². The van der Waals surface area contributed by atoms with E-state index in [1.807, 2.05) is 6.07 Å². The zero-order valence-electron chi connectivity index (χ0n) is 13.4. The first-order chi connectivity index (χ1) is 10.1. The molecule has 0 radical (unpaired) electrons. The predicted octanol–water partition coefficient (Wildman–Crippen LogP) is 4.04. The van der Waals surface area contributed by atoms with Crippen LogP contribution in [0.15, 0.2) is 18.2 Å². The van der Waals surface area contributed by atoms with E-state index in [1.165, 1.54) is 0 Å². The number of para-hydroxylation sites is 1. The molecule has 5 nitrogen and oxygen atoms in total. The van der Waals surface area contributed by atoms with E-state index in [1.54, 1.807) is 19.2 Å². The van der Waals surface area contributed by atoms with Crippen LogP contribution in [0.1, 0.15) is 45.1 Å². The molecule has 0 amide bonds. The molecule has 1 N–H and O–H groups in total. The van der Waals surface area contributed by atoms with Gasteiger partial charge in [-0.2, -0.15) is 0 Å². The Labute approximate surface area is 127 Å². The maximum atomic E-state index is 11.1. The van der Waals surface area contributed by atoms with Crippen molar-refractivity contribution in [3.05, 3.63) is 33.9 Å². The monoisotopic (exact) mass is 293 g/mol. The van der Waals surface area contributed by atoms with Gasteiger partial charge in [0.15, 0.2) is 0 Å². The molecule has 21 heavy (non-hydrogen) atoms. The Morgan fingerprint density at radius 1 is 1.19 bits per heavy atom. The van der Waals surface area contributed by atoms with Gasteiger partial charge in [0.2, 0.25) is 0 Å². The predicted molar refractivity (Wildman–Crippen MR) is 87.7 cm³/mol. The maximum absolute atomic E-state index is 11.1. The third kappa shape index (κ3) is 5.34. The van der Waals surface area contributed by atoms with Crippen molar-refractivity contribution in [1.29, 1.82) is 0 Å². The van der Waals surface area contributed by atoms with Crippen LogP contribution in [0.3, 0.4) is 0 Å². The molecule has 1 aromatic rings. The lowest BCUT2D eigenvalue weighted by atomic mass is 10.1. The zero-order chi connectivity index (χ0) is 15.7. The van der Waals surface area contributed by atoms with Gasteiger partial charge in [-0.05, 0) is 31.5 Å². The van der Waals surface area contributed by atoms with E-state index >= 15 is 0 Å². The van der Waals surface area contributed by atoms with Crippen molar-refractivity contribution in [2.45, 2.75) is 46.1 Å². The third-order valence-corrected chi connectivity index (χ3v) is 3.63. The van der Waals surface area contributed by atoms with Crippen molar-refractivity contribution in [2.75, 3.05) is 25.5 Å². The highest BCUT2D eigenvalue weighted by atomic mass is 16.6. The number of unbranched alkanes of at least 4 members (excludes halogenated alkanes) is 2. The maximum Gasteiger partial charge on any atom is 0.292 e. The summed E-state index contributed by atoms with van der Waals surface area (Å²) in [5.41, 5.74) is 1.79. The van der Waals surface area contributed by atoms with Crippen molar-refractivity contribution in [3.8, 4) is 0 Å². The fourth-order valence-electron chi connectivity index (χ4n) is 2.43. The van der Waals surface area contributed by atoms with Crippen molar-refractivity contribution >= 4 is 11.4 Å². The molecule has 1 aromatic carbocycles. The molecule has 118 valence electrons. The van der Waals surface area contributed by atoms with Gasteiger partial charge in [0, 0.05) is 19.7 Å². The SMILES string of the molecule is CCCCN(CCCC)Cc1cccc([N+](=O)[O-])c1NC. The topological polar surface area (TPSA) is 58.4 Å². The van der Waals surface area contributed by atoms with E-state index in [9.17, 15) is 10.1 Å². The molecule has 0 saturated heterocycles. The minimum atomic E-state index is -0.322. The van der Waals surface area contributed by atoms with Crippen LogP contribution in [0.5, 0.6) is 0 Å². The van der Waals surface area contributed by atoms with Crippen LogP contribution in [-0.4, -0.2) is 30.0 Å². The molecule has 0 fully saturated rings. The highest BCUT2D eigenvalue weighted by Crippen LogP contribution is 2.28. The van der Waals surface area contributed by atoms with E-state index < -0.39 is 0 Å². The quantitative estimate of drug-likeness (QED) is 0.522. The first-order valence-electron chi connectivity index (χ1n) is 7.80. The summed E-state index contributed by atoms with van der Waals surface area (Å²) in [5, 5.41) is 14.1. The highest BCUT2D eigenvalue weighted by Gasteiger charge is 2.17. The molecule has 0 unspecified atom stereocenters. The van der Waals surface area contributed by atoms with Gasteiger partial charge in [0.05, 0.1) is 4.92 Å². The number of hydrogen-bond donors (Lipinski definition) is 1. The first kappa shape index (κ1) is 17.4. The van der Waals surface area contributed by atoms with Crippen LogP contribution < -0.4 is 5.32 Å². The average Bonchev–Trinajstić information content (AvgIpc) is 2.49. The van der Waals surface area contributed by atoms with Crippen molar-refractivity contribution in [2.24, 2.45) is 0 Å². The molecule has 0 aromatic heterocycles. The van der Waals surface area contributed by atoms with Gasteiger partial charge in [-0.1, -0.05) is 38.8 Å². The molecule has 0 bridgehead atoms. The van der Waals surface area contributed by atoms with Crippen LogP contribution in [0, 0.1) is 10.1 Å². The highest BCUT2D eigenvalue weighted by molar-refractivity contribution is 5.66. The molecule has 0 saturated carbocycles. The molecule has 0 heterocycles. The Morgan fingerprint density at radius 3 is 2.29 bits per heavy atom. The Balaban J connectivity index is 2.91. The van der Waals surface area contributed by atoms with Crippen molar-refractivity contribution in [3.63, 3.8) is 0 Å². The number of nitrogens with zero attached hydrogens (tertiary/aromatic N) is 2. The van der Waals surface area contributed by atoms with Gasteiger partial charge in [-0.3, -0.25) is 15.0 Å². The van der Waals surface area contributed by atoms with E-state index in [4.69, 9.17) is 0 Å². The lowest BCUT2D eigenvalue weighted by Gasteiger charge is -2.23. The normalized spacial score (nSPS) is 10.9. The number of nitro groups is 1. The van der Waals surface area contributed by atoms with E-state index in [2.05, 4.69) is 24.1 Å². The molecule has 0 spiro atoms. The summed E-state index contributed by atoms with van der Waals surface area (Å²) in [6.45, 7) is 7.22. The first-order valence-corrected chi connectivity index (χ1v) is 7.80. The van der Waals surface area contributed by atoms with Gasteiger partial charge >= 0.3 is 0 Å². The Kier molecular flexibility index (Phi) is 7.75. The largest absolute Gasteiger partial charge is 0.382 e. The van der Waals surface area contributed by atoms with Gasteiger partial charge < -0.3 is 5.32 Å². The minimum Gasteiger partial charge on any atom is -0.382 e. The van der Waals surface area contributed by atoms with Crippen LogP contribution in [-0.2, 0) is 6.54 Å². The fourth-order valence-corrected chi connectivity index (χ4v) is 2.43. The van der Waals surface area contributed by atoms with Crippen LogP contribution >= 0.6 is 0 Å². The molecule has 5 heteroatoms. The number of nitro benzene ring substituents is 1. The number of benzene rings is 1. The molecular formula is C16H27N3O2. The lowest BCUT2D eigenvalue weighted by Crippen LogP contribution is -2.26. The second kappa shape index (κ2) is 9.34. The van der Waals surface area contributed by atoms with Crippen LogP contribution in [0.2, 0.25) is 0 Å². The summed E-state index contributed by atoms with van der Waals surface area (Å²) in [6, 6.07) is 5.30. The zero-order valence-corrected chi connectivity index (χ0v) is 13.4. The fraction of sp³-hybridized carbons (Fsp3) is 0.625. The van der Waals surface area contributed by atoms with Gasteiger partial charge in [-0.25, -0.2) is 0 Å². The van der Waals surface area contributed by atoms with E-state index in [0.717, 1.165) is 50.9 Å². The Morgan fingerprint density at radius 2 is 1.81 bits per heavy atom. The number of hydrogen-bond acceptors (Lipinski definition) is 4. The van der Waals surface area contributed by atoms with Gasteiger partial charge in [0.25, 0.3) is 5.69 Å². The number of rotatable bonds is 10. The van der Waals surface area contributed by atoms with Crippen LogP contribution in [0.25, 0.3) is 0 Å². The summed E-state index contributed by atoms with van der Waals surface area (Å²) >= 11 is 0. The summed E-state index contributed by atoms with van der Waals surface area (Å²) in [4.78, 5) is 13.2. The van der Waals surface area contributed by atoms with E-state index in [-0.39, 0.29) is 10.6 Å². The summed E-state index contributed by atoms with van der Waals surface area (Å²) in [6.07, 6.45) is 4.65. The third-order valence-electron chi connectivity index (χ3n) is 3.63. The van der Waals surface area contributed by atoms with E-state index in [0.29, 0.717) is 5.69 Å². The standard InChI is InChI=1S/C16H27N3O2/c1-4-6-11-18(12-7-5-2)13-14-9-8-10-15(19(20)21)16(14)17-3/h8-10,17H,4-7,11-13H2,1-3H3. The second-order valence-corrected chi connectivity index (χ2v) is 5.30. The summed E-state index contributed by atoms with van der Waals surface area (Å²) < 4.78 is 0. The molecule has 0 aliphatic heterocycles. The number of anilines is 1. The molecular weight excluding hydrogens is 266 g/mol. The molecule has 0 atom stereocenters. The van der Waals surface area contributed by atoms with Crippen LogP contribution in [0.4, 0.5) is 11.4 Å². The molecule has 0 aliphatic rings. The Hall–Kier alpha value is -1.62. The number of nitrogens with one attached hydrogen (secondary N) is 1. The lowest BCUT2D eigenvalue weighted by molar-refractivity contribution is -0.384. The van der Waals surface area contributed by atoms with Crippen molar-refractivity contribution < 1.29 is 4.92 Å².